The Hall–Kier alpha value is -2.25. The van der Waals surface area contributed by atoms with Crippen molar-refractivity contribution in [2.75, 3.05) is 12.3 Å². The van der Waals surface area contributed by atoms with Crippen LogP contribution in [0.3, 0.4) is 0 Å². The smallest absolute Gasteiger partial charge is 0.189 e. The molecule has 2 aromatic heterocycles. The Morgan fingerprint density at radius 3 is 2.74 bits per heavy atom. The van der Waals surface area contributed by atoms with Gasteiger partial charge in [0.1, 0.15) is 24.6 Å². The van der Waals surface area contributed by atoms with Gasteiger partial charge in [-0.05, 0) is 12.3 Å². The number of nitrogens with zero attached hydrogens (tertiary/aromatic N) is 4. The lowest BCUT2D eigenvalue weighted by atomic mass is 10.1. The molecular weight excluding hydrogens is 350 g/mol. The van der Waals surface area contributed by atoms with Crippen molar-refractivity contribution >= 4 is 17.0 Å². The first-order chi connectivity index (χ1) is 13.1. The maximum absolute atomic E-state index is 10.4. The predicted octanol–water partition coefficient (Wildman–Crippen LogP) is 0.342. The Balaban J connectivity index is 1.95. The molecule has 1 aliphatic rings. The molecular formula is C18H25N5O4. The molecule has 9 heteroatoms. The van der Waals surface area contributed by atoms with Crippen LogP contribution in [0.1, 0.15) is 51.1 Å². The average molecular weight is 375 g/mol. The number of hydrogen-bond acceptors (Lipinski definition) is 8. The summed E-state index contributed by atoms with van der Waals surface area (Å²) in [5.74, 6) is 6.59. The zero-order valence-electron chi connectivity index (χ0n) is 15.2. The van der Waals surface area contributed by atoms with E-state index in [2.05, 4.69) is 33.7 Å². The molecule has 3 rings (SSSR count). The molecule has 2 aromatic rings. The summed E-state index contributed by atoms with van der Waals surface area (Å²) < 4.78 is 7.14. The predicted molar refractivity (Wildman–Crippen MR) is 98.4 cm³/mol. The lowest BCUT2D eigenvalue weighted by Crippen LogP contribution is -2.33. The van der Waals surface area contributed by atoms with Crippen LogP contribution in [-0.2, 0) is 4.74 Å². The minimum absolute atomic E-state index is 0.191. The highest BCUT2D eigenvalue weighted by molar-refractivity contribution is 5.82. The SMILES string of the molecule is CCCCCCC#Cc1nc2c(N)ncnc2n1[C@@H]1O[C@H](CO)[C@@H](O)[C@H]1O. The molecule has 0 amide bonds. The Morgan fingerprint density at radius 1 is 1.22 bits per heavy atom. The van der Waals surface area contributed by atoms with Gasteiger partial charge in [-0.25, -0.2) is 15.0 Å². The fourth-order valence-corrected chi connectivity index (χ4v) is 3.13. The van der Waals surface area contributed by atoms with Crippen molar-refractivity contribution in [3.63, 3.8) is 0 Å². The first-order valence-electron chi connectivity index (χ1n) is 9.18. The van der Waals surface area contributed by atoms with Crippen LogP contribution in [0.4, 0.5) is 5.82 Å². The van der Waals surface area contributed by atoms with E-state index in [0.29, 0.717) is 17.0 Å². The number of anilines is 1. The second-order valence-electron chi connectivity index (χ2n) is 6.58. The quantitative estimate of drug-likeness (QED) is 0.419. The molecule has 0 aromatic carbocycles. The van der Waals surface area contributed by atoms with Crippen molar-refractivity contribution in [2.45, 2.75) is 63.6 Å². The van der Waals surface area contributed by atoms with Gasteiger partial charge in [-0.2, -0.15) is 0 Å². The molecule has 0 bridgehead atoms. The van der Waals surface area contributed by atoms with Gasteiger partial charge >= 0.3 is 0 Å². The lowest BCUT2D eigenvalue weighted by molar-refractivity contribution is -0.0514. The fraction of sp³-hybridized carbons (Fsp3) is 0.611. The van der Waals surface area contributed by atoms with E-state index in [0.717, 1.165) is 25.7 Å². The summed E-state index contributed by atoms with van der Waals surface area (Å²) in [6.45, 7) is 1.73. The summed E-state index contributed by atoms with van der Waals surface area (Å²) in [5, 5.41) is 29.8. The Labute approximate surface area is 157 Å². The first-order valence-corrected chi connectivity index (χ1v) is 9.18. The van der Waals surface area contributed by atoms with Gasteiger partial charge < -0.3 is 25.8 Å². The summed E-state index contributed by atoms with van der Waals surface area (Å²) in [7, 11) is 0. The third kappa shape index (κ3) is 3.89. The number of unbranched alkanes of at least 4 members (excludes halogenated alkanes) is 4. The van der Waals surface area contributed by atoms with Crippen LogP contribution >= 0.6 is 0 Å². The number of aliphatic hydroxyl groups is 3. The summed E-state index contributed by atoms with van der Waals surface area (Å²) in [4.78, 5) is 12.5. The number of imidazole rings is 1. The van der Waals surface area contributed by atoms with Crippen LogP contribution in [-0.4, -0.2) is 59.8 Å². The van der Waals surface area contributed by atoms with Crippen LogP contribution in [0.15, 0.2) is 6.33 Å². The van der Waals surface area contributed by atoms with Crippen LogP contribution in [0.2, 0.25) is 0 Å². The van der Waals surface area contributed by atoms with Crippen LogP contribution < -0.4 is 5.73 Å². The molecule has 4 atom stereocenters. The maximum atomic E-state index is 10.4. The van der Waals surface area contributed by atoms with E-state index in [9.17, 15) is 15.3 Å². The van der Waals surface area contributed by atoms with Gasteiger partial charge in [-0.15, -0.1) is 0 Å². The van der Waals surface area contributed by atoms with Crippen LogP contribution in [0, 0.1) is 11.8 Å². The monoisotopic (exact) mass is 375 g/mol. The van der Waals surface area contributed by atoms with Crippen molar-refractivity contribution in [1.82, 2.24) is 19.5 Å². The zero-order chi connectivity index (χ0) is 19.4. The third-order valence-corrected chi connectivity index (χ3v) is 4.63. The molecule has 0 radical (unpaired) electrons. The summed E-state index contributed by atoms with van der Waals surface area (Å²) in [6, 6.07) is 0. The molecule has 27 heavy (non-hydrogen) atoms. The lowest BCUT2D eigenvalue weighted by Gasteiger charge is -2.17. The average Bonchev–Trinajstić information content (AvgIpc) is 3.17. The molecule has 0 saturated carbocycles. The summed E-state index contributed by atoms with van der Waals surface area (Å²) in [5.41, 5.74) is 6.60. The summed E-state index contributed by atoms with van der Waals surface area (Å²) >= 11 is 0. The standard InChI is InChI=1S/C18H25N5O4/c1-2-3-4-5-6-7-8-12-22-13-16(19)20-10-21-17(13)23(12)18-15(26)14(25)11(9-24)27-18/h10-11,14-15,18,24-26H,2-6,9H2,1H3,(H2,19,20,21)/t11-,14-,15-,18-/m1/s1. The Morgan fingerprint density at radius 2 is 2.04 bits per heavy atom. The van der Waals surface area contributed by atoms with Crippen molar-refractivity contribution < 1.29 is 20.1 Å². The molecule has 9 nitrogen and oxygen atoms in total. The Bertz CT molecular complexity index is 843. The molecule has 0 spiro atoms. The van der Waals surface area contributed by atoms with Crippen LogP contribution in [0.5, 0.6) is 0 Å². The van der Waals surface area contributed by atoms with Crippen molar-refractivity contribution in [3.8, 4) is 11.8 Å². The van der Waals surface area contributed by atoms with E-state index in [1.54, 1.807) is 0 Å². The molecule has 0 unspecified atom stereocenters. The third-order valence-electron chi connectivity index (χ3n) is 4.63. The number of ether oxygens (including phenoxy) is 1. The van der Waals surface area contributed by atoms with Gasteiger partial charge in [0.05, 0.1) is 6.61 Å². The largest absolute Gasteiger partial charge is 0.394 e. The number of fused-ring (bicyclic) bond motifs is 1. The van der Waals surface area contributed by atoms with E-state index in [4.69, 9.17) is 10.5 Å². The highest BCUT2D eigenvalue weighted by Gasteiger charge is 2.44. The van der Waals surface area contributed by atoms with E-state index in [-0.39, 0.29) is 5.82 Å². The fourth-order valence-electron chi connectivity index (χ4n) is 3.13. The second-order valence-corrected chi connectivity index (χ2v) is 6.58. The van der Waals surface area contributed by atoms with Gasteiger partial charge in [-0.3, -0.25) is 4.57 Å². The van der Waals surface area contributed by atoms with E-state index in [1.165, 1.54) is 17.3 Å². The highest BCUT2D eigenvalue weighted by atomic mass is 16.6. The van der Waals surface area contributed by atoms with Crippen molar-refractivity contribution in [2.24, 2.45) is 0 Å². The maximum Gasteiger partial charge on any atom is 0.189 e. The van der Waals surface area contributed by atoms with Gasteiger partial charge in [0.25, 0.3) is 0 Å². The first kappa shape index (κ1) is 19.5. The topological polar surface area (TPSA) is 140 Å². The number of nitrogens with two attached hydrogens (primary N) is 1. The number of rotatable bonds is 6. The van der Waals surface area contributed by atoms with Crippen LogP contribution in [0.25, 0.3) is 11.2 Å². The molecule has 0 aliphatic carbocycles. The van der Waals surface area contributed by atoms with Gasteiger partial charge in [-0.1, -0.05) is 32.1 Å². The number of hydrogen-bond donors (Lipinski definition) is 4. The normalized spacial score (nSPS) is 24.9. The zero-order valence-corrected chi connectivity index (χ0v) is 15.2. The minimum atomic E-state index is -1.26. The molecule has 1 fully saturated rings. The van der Waals surface area contributed by atoms with Gasteiger partial charge in [0.2, 0.25) is 0 Å². The van der Waals surface area contributed by atoms with Crippen molar-refractivity contribution in [1.29, 1.82) is 0 Å². The molecule has 3 heterocycles. The molecule has 1 aliphatic heterocycles. The van der Waals surface area contributed by atoms with Gasteiger partial charge in [0, 0.05) is 6.42 Å². The van der Waals surface area contributed by atoms with Crippen molar-refractivity contribution in [3.05, 3.63) is 12.2 Å². The second kappa shape index (κ2) is 8.63. The molecule has 1 saturated heterocycles. The Kier molecular flexibility index (Phi) is 6.23. The minimum Gasteiger partial charge on any atom is -0.394 e. The number of aromatic nitrogens is 4. The summed E-state index contributed by atoms with van der Waals surface area (Å²) in [6.07, 6.45) is 2.08. The van der Waals surface area contributed by atoms with E-state index < -0.39 is 31.1 Å². The highest BCUT2D eigenvalue weighted by Crippen LogP contribution is 2.33. The molecule has 146 valence electrons. The van der Waals surface area contributed by atoms with Gasteiger partial charge in [0.15, 0.2) is 29.0 Å². The van der Waals surface area contributed by atoms with E-state index >= 15 is 0 Å². The number of nitrogen functional groups attached to an aromatic ring is 1. The molecule has 5 N–H and O–H groups in total. The van der Waals surface area contributed by atoms with E-state index in [1.807, 2.05) is 0 Å². The number of aliphatic hydroxyl groups excluding tert-OH is 3.